The molecular formula is C14H31NS. The van der Waals surface area contributed by atoms with Crippen LogP contribution >= 0.6 is 11.8 Å². The standard InChI is InChI=1S/C14H31NS/c1-7-16-10-8-9-13(14(4,5)6)11-15-12(2)3/h12-13,15H,7-11H2,1-6H3. The third kappa shape index (κ3) is 8.46. The molecule has 0 spiro atoms. The van der Waals surface area contributed by atoms with Crippen molar-refractivity contribution < 1.29 is 0 Å². The van der Waals surface area contributed by atoms with Gasteiger partial charge in [-0.2, -0.15) is 11.8 Å². The molecule has 1 nitrogen and oxygen atoms in total. The second-order valence-electron chi connectivity index (χ2n) is 5.97. The Kier molecular flexibility index (Phi) is 8.57. The van der Waals surface area contributed by atoms with E-state index in [4.69, 9.17) is 0 Å². The molecule has 0 rings (SSSR count). The van der Waals surface area contributed by atoms with Crippen LogP contribution in [0.2, 0.25) is 0 Å². The third-order valence-corrected chi connectivity index (χ3v) is 4.03. The van der Waals surface area contributed by atoms with Gasteiger partial charge >= 0.3 is 0 Å². The fraction of sp³-hybridized carbons (Fsp3) is 1.00. The molecule has 1 unspecified atom stereocenters. The van der Waals surface area contributed by atoms with Gasteiger partial charge in [-0.15, -0.1) is 0 Å². The van der Waals surface area contributed by atoms with Crippen molar-refractivity contribution in [3.63, 3.8) is 0 Å². The lowest BCUT2D eigenvalue weighted by molar-refractivity contribution is 0.213. The monoisotopic (exact) mass is 245 g/mol. The van der Waals surface area contributed by atoms with Crippen LogP contribution in [0.15, 0.2) is 0 Å². The van der Waals surface area contributed by atoms with Crippen LogP contribution < -0.4 is 5.32 Å². The van der Waals surface area contributed by atoms with Gasteiger partial charge in [0.15, 0.2) is 0 Å². The molecule has 0 fully saturated rings. The Bertz CT molecular complexity index is 161. The largest absolute Gasteiger partial charge is 0.314 e. The van der Waals surface area contributed by atoms with Crippen molar-refractivity contribution in [1.82, 2.24) is 5.32 Å². The first-order chi connectivity index (χ1) is 7.38. The van der Waals surface area contributed by atoms with E-state index in [9.17, 15) is 0 Å². The van der Waals surface area contributed by atoms with Crippen LogP contribution in [-0.4, -0.2) is 24.1 Å². The van der Waals surface area contributed by atoms with Crippen LogP contribution in [-0.2, 0) is 0 Å². The van der Waals surface area contributed by atoms with Gasteiger partial charge < -0.3 is 5.32 Å². The van der Waals surface area contributed by atoms with Crippen LogP contribution in [0.1, 0.15) is 54.4 Å². The molecule has 0 aromatic carbocycles. The summed E-state index contributed by atoms with van der Waals surface area (Å²) in [5.41, 5.74) is 0.429. The van der Waals surface area contributed by atoms with Gasteiger partial charge in [0.1, 0.15) is 0 Å². The highest BCUT2D eigenvalue weighted by atomic mass is 32.2. The molecule has 0 aromatic heterocycles. The molecule has 1 atom stereocenters. The van der Waals surface area contributed by atoms with Crippen molar-refractivity contribution in [2.24, 2.45) is 11.3 Å². The lowest BCUT2D eigenvalue weighted by Gasteiger charge is -2.32. The zero-order chi connectivity index (χ0) is 12.6. The average molecular weight is 245 g/mol. The first kappa shape index (κ1) is 16.3. The van der Waals surface area contributed by atoms with E-state index in [1.54, 1.807) is 0 Å². The van der Waals surface area contributed by atoms with Gasteiger partial charge in [0.05, 0.1) is 0 Å². The summed E-state index contributed by atoms with van der Waals surface area (Å²) in [6.45, 7) is 15.0. The molecule has 0 amide bonds. The zero-order valence-corrected chi connectivity index (χ0v) is 12.9. The summed E-state index contributed by atoms with van der Waals surface area (Å²) in [5.74, 6) is 3.38. The predicted octanol–water partition coefficient (Wildman–Crippen LogP) is 4.18. The lowest BCUT2D eigenvalue weighted by atomic mass is 9.78. The van der Waals surface area contributed by atoms with Crippen molar-refractivity contribution in [1.29, 1.82) is 0 Å². The molecule has 0 saturated carbocycles. The van der Waals surface area contributed by atoms with Gasteiger partial charge in [0.2, 0.25) is 0 Å². The molecule has 0 aliphatic rings. The van der Waals surface area contributed by atoms with Crippen molar-refractivity contribution in [2.75, 3.05) is 18.1 Å². The Hall–Kier alpha value is 0.310. The van der Waals surface area contributed by atoms with Crippen molar-refractivity contribution in [3.05, 3.63) is 0 Å². The topological polar surface area (TPSA) is 12.0 Å². The summed E-state index contributed by atoms with van der Waals surface area (Å²) >= 11 is 2.06. The van der Waals surface area contributed by atoms with E-state index in [0.717, 1.165) is 12.5 Å². The highest BCUT2D eigenvalue weighted by Crippen LogP contribution is 2.29. The number of rotatable bonds is 8. The summed E-state index contributed by atoms with van der Waals surface area (Å²) in [6, 6.07) is 0.606. The van der Waals surface area contributed by atoms with E-state index in [1.807, 2.05) is 0 Å². The maximum Gasteiger partial charge on any atom is 0.00104 e. The molecule has 16 heavy (non-hydrogen) atoms. The van der Waals surface area contributed by atoms with Gasteiger partial charge in [0.25, 0.3) is 0 Å². The molecule has 0 aromatic rings. The first-order valence-electron chi connectivity index (χ1n) is 6.69. The van der Waals surface area contributed by atoms with E-state index in [2.05, 4.69) is 58.6 Å². The number of hydrogen-bond donors (Lipinski definition) is 1. The molecule has 0 aliphatic heterocycles. The first-order valence-corrected chi connectivity index (χ1v) is 7.84. The molecule has 0 aliphatic carbocycles. The van der Waals surface area contributed by atoms with E-state index in [0.29, 0.717) is 11.5 Å². The van der Waals surface area contributed by atoms with Crippen LogP contribution in [0.3, 0.4) is 0 Å². The van der Waals surface area contributed by atoms with Gasteiger partial charge in [-0.05, 0) is 42.2 Å². The van der Waals surface area contributed by atoms with E-state index in [-0.39, 0.29) is 0 Å². The van der Waals surface area contributed by atoms with E-state index in [1.165, 1.54) is 24.3 Å². The van der Waals surface area contributed by atoms with E-state index >= 15 is 0 Å². The van der Waals surface area contributed by atoms with Crippen LogP contribution in [0.4, 0.5) is 0 Å². The van der Waals surface area contributed by atoms with Crippen LogP contribution in [0.25, 0.3) is 0 Å². The Labute approximate surface area is 107 Å². The normalized spacial score (nSPS) is 14.4. The van der Waals surface area contributed by atoms with Crippen molar-refractivity contribution in [3.8, 4) is 0 Å². The number of nitrogens with one attached hydrogen (secondary N) is 1. The molecule has 0 heterocycles. The van der Waals surface area contributed by atoms with Gasteiger partial charge in [0, 0.05) is 6.04 Å². The molecular weight excluding hydrogens is 214 g/mol. The second kappa shape index (κ2) is 8.41. The molecule has 0 radical (unpaired) electrons. The second-order valence-corrected chi connectivity index (χ2v) is 7.36. The highest BCUT2D eigenvalue weighted by molar-refractivity contribution is 7.99. The fourth-order valence-corrected chi connectivity index (χ4v) is 2.45. The predicted molar refractivity (Wildman–Crippen MR) is 78.3 cm³/mol. The molecule has 98 valence electrons. The summed E-state index contributed by atoms with van der Waals surface area (Å²) in [6.07, 6.45) is 2.72. The minimum absolute atomic E-state index is 0.429. The summed E-state index contributed by atoms with van der Waals surface area (Å²) < 4.78 is 0. The summed E-state index contributed by atoms with van der Waals surface area (Å²) in [4.78, 5) is 0. The Balaban J connectivity index is 3.92. The van der Waals surface area contributed by atoms with Crippen LogP contribution in [0.5, 0.6) is 0 Å². The third-order valence-electron chi connectivity index (χ3n) is 3.04. The van der Waals surface area contributed by atoms with Crippen LogP contribution in [0, 0.1) is 11.3 Å². The summed E-state index contributed by atoms with van der Waals surface area (Å²) in [5, 5.41) is 3.59. The minimum atomic E-state index is 0.429. The Morgan fingerprint density at radius 2 is 1.81 bits per heavy atom. The van der Waals surface area contributed by atoms with Crippen molar-refractivity contribution in [2.45, 2.75) is 60.4 Å². The summed E-state index contributed by atoms with van der Waals surface area (Å²) in [7, 11) is 0. The zero-order valence-electron chi connectivity index (χ0n) is 12.1. The van der Waals surface area contributed by atoms with Crippen molar-refractivity contribution >= 4 is 11.8 Å². The molecule has 0 saturated heterocycles. The smallest absolute Gasteiger partial charge is 0.00104 e. The molecule has 2 heteroatoms. The average Bonchev–Trinajstić information content (AvgIpc) is 2.14. The fourth-order valence-electron chi connectivity index (χ4n) is 1.80. The number of thioether (sulfide) groups is 1. The SMILES string of the molecule is CCSCCCC(CNC(C)C)C(C)(C)C. The lowest BCUT2D eigenvalue weighted by Crippen LogP contribution is -2.35. The minimum Gasteiger partial charge on any atom is -0.314 e. The highest BCUT2D eigenvalue weighted by Gasteiger charge is 2.23. The quantitative estimate of drug-likeness (QED) is 0.644. The number of hydrogen-bond acceptors (Lipinski definition) is 2. The maximum absolute atomic E-state index is 3.59. The van der Waals surface area contributed by atoms with Gasteiger partial charge in [-0.3, -0.25) is 0 Å². The van der Waals surface area contributed by atoms with Gasteiger partial charge in [-0.1, -0.05) is 41.5 Å². The molecule has 0 bridgehead atoms. The van der Waals surface area contributed by atoms with E-state index < -0.39 is 0 Å². The molecule has 1 N–H and O–H groups in total. The maximum atomic E-state index is 3.59. The Morgan fingerprint density at radius 3 is 2.25 bits per heavy atom. The Morgan fingerprint density at radius 1 is 1.19 bits per heavy atom. The van der Waals surface area contributed by atoms with Gasteiger partial charge in [-0.25, -0.2) is 0 Å².